The third-order valence-electron chi connectivity index (χ3n) is 3.12. The van der Waals surface area contributed by atoms with E-state index in [0.717, 1.165) is 36.2 Å². The van der Waals surface area contributed by atoms with Crippen molar-refractivity contribution in [1.29, 1.82) is 0 Å². The van der Waals surface area contributed by atoms with Crippen LogP contribution in [0.15, 0.2) is 19.2 Å². The van der Waals surface area contributed by atoms with Gasteiger partial charge in [-0.05, 0) is 18.6 Å². The first kappa shape index (κ1) is 13.5. The molecule has 0 radical (unpaired) electrons. The van der Waals surface area contributed by atoms with Crippen LogP contribution >= 0.6 is 0 Å². The highest BCUT2D eigenvalue weighted by Gasteiger charge is 2.18. The standard InChI is InChI=1S/C15H18N2O2/c1-4-12-9-13(10-18)15(16-14(12)11(2)3)17-5-7-19-8-6-17/h4,9-10H,1-2,5-8H2,3H3. The van der Waals surface area contributed by atoms with Crippen molar-refractivity contribution in [2.24, 2.45) is 0 Å². The molecule has 0 unspecified atom stereocenters. The van der Waals surface area contributed by atoms with Crippen LogP contribution in [-0.4, -0.2) is 37.6 Å². The number of allylic oxidation sites excluding steroid dienone is 1. The zero-order valence-electron chi connectivity index (χ0n) is 11.2. The Morgan fingerprint density at radius 2 is 2.11 bits per heavy atom. The summed E-state index contributed by atoms with van der Waals surface area (Å²) in [5.41, 5.74) is 3.08. The van der Waals surface area contributed by atoms with Gasteiger partial charge in [0.2, 0.25) is 0 Å². The number of hydrogen-bond donors (Lipinski definition) is 0. The van der Waals surface area contributed by atoms with E-state index in [-0.39, 0.29) is 0 Å². The van der Waals surface area contributed by atoms with Crippen molar-refractivity contribution >= 4 is 23.8 Å². The molecule has 0 aliphatic carbocycles. The number of morpholine rings is 1. The number of hydrogen-bond acceptors (Lipinski definition) is 4. The number of nitrogens with zero attached hydrogens (tertiary/aromatic N) is 2. The average Bonchev–Trinajstić information content (AvgIpc) is 2.46. The number of pyridine rings is 1. The summed E-state index contributed by atoms with van der Waals surface area (Å²) >= 11 is 0. The molecule has 1 aliphatic heterocycles. The Morgan fingerprint density at radius 3 is 2.63 bits per heavy atom. The number of rotatable bonds is 4. The van der Waals surface area contributed by atoms with Gasteiger partial charge in [0.25, 0.3) is 0 Å². The monoisotopic (exact) mass is 258 g/mol. The Balaban J connectivity index is 2.51. The van der Waals surface area contributed by atoms with E-state index in [1.165, 1.54) is 0 Å². The summed E-state index contributed by atoms with van der Waals surface area (Å²) in [5, 5.41) is 0. The summed E-state index contributed by atoms with van der Waals surface area (Å²) in [6.07, 6.45) is 2.54. The topological polar surface area (TPSA) is 42.4 Å². The Bertz CT molecular complexity index is 517. The molecule has 2 rings (SSSR count). The second kappa shape index (κ2) is 5.80. The minimum absolute atomic E-state index is 0.585. The first-order chi connectivity index (χ1) is 9.17. The molecule has 2 heterocycles. The Labute approximate surface area is 113 Å². The lowest BCUT2D eigenvalue weighted by Gasteiger charge is -2.29. The van der Waals surface area contributed by atoms with Crippen LogP contribution in [0.1, 0.15) is 28.5 Å². The molecule has 0 saturated carbocycles. The van der Waals surface area contributed by atoms with Gasteiger partial charge in [0, 0.05) is 18.7 Å². The molecule has 0 spiro atoms. The number of ether oxygens (including phenoxy) is 1. The first-order valence-corrected chi connectivity index (χ1v) is 6.28. The quantitative estimate of drug-likeness (QED) is 0.778. The van der Waals surface area contributed by atoms with Crippen LogP contribution in [0.2, 0.25) is 0 Å². The summed E-state index contributed by atoms with van der Waals surface area (Å²) in [4.78, 5) is 17.9. The molecular weight excluding hydrogens is 240 g/mol. The van der Waals surface area contributed by atoms with Gasteiger partial charge in [-0.1, -0.05) is 19.2 Å². The van der Waals surface area contributed by atoms with Gasteiger partial charge in [0.15, 0.2) is 6.29 Å². The van der Waals surface area contributed by atoms with Crippen molar-refractivity contribution in [2.45, 2.75) is 6.92 Å². The van der Waals surface area contributed by atoms with Crippen molar-refractivity contribution in [1.82, 2.24) is 4.98 Å². The summed E-state index contributed by atoms with van der Waals surface area (Å²) in [6.45, 7) is 12.4. The summed E-state index contributed by atoms with van der Waals surface area (Å²) in [7, 11) is 0. The molecule has 0 aromatic carbocycles. The van der Waals surface area contributed by atoms with Crippen LogP contribution in [0.5, 0.6) is 0 Å². The summed E-state index contributed by atoms with van der Waals surface area (Å²) < 4.78 is 5.33. The fourth-order valence-electron chi connectivity index (χ4n) is 2.15. The smallest absolute Gasteiger partial charge is 0.153 e. The third-order valence-corrected chi connectivity index (χ3v) is 3.12. The van der Waals surface area contributed by atoms with E-state index < -0.39 is 0 Å². The molecule has 1 aliphatic rings. The van der Waals surface area contributed by atoms with Gasteiger partial charge in [0.05, 0.1) is 24.5 Å². The highest BCUT2D eigenvalue weighted by atomic mass is 16.5. The largest absolute Gasteiger partial charge is 0.378 e. The molecule has 0 atom stereocenters. The molecule has 4 nitrogen and oxygen atoms in total. The molecule has 0 N–H and O–H groups in total. The number of carbonyl (C=O) groups is 1. The summed E-state index contributed by atoms with van der Waals surface area (Å²) in [5.74, 6) is 0.710. The molecule has 0 amide bonds. The van der Waals surface area contributed by atoms with Crippen LogP contribution in [0.3, 0.4) is 0 Å². The second-order valence-corrected chi connectivity index (χ2v) is 4.54. The number of aldehydes is 1. The van der Waals surface area contributed by atoms with Gasteiger partial charge in [0.1, 0.15) is 5.82 Å². The zero-order chi connectivity index (χ0) is 13.8. The molecule has 1 aromatic rings. The van der Waals surface area contributed by atoms with Crippen molar-refractivity contribution in [3.63, 3.8) is 0 Å². The SMILES string of the molecule is C=Cc1cc(C=O)c(N2CCOCC2)nc1C(=C)C. The minimum Gasteiger partial charge on any atom is -0.378 e. The van der Waals surface area contributed by atoms with E-state index in [1.807, 2.05) is 13.0 Å². The van der Waals surface area contributed by atoms with Gasteiger partial charge in [-0.3, -0.25) is 4.79 Å². The summed E-state index contributed by atoms with van der Waals surface area (Å²) in [6, 6.07) is 1.82. The number of anilines is 1. The van der Waals surface area contributed by atoms with Gasteiger partial charge < -0.3 is 9.64 Å². The lowest BCUT2D eigenvalue weighted by Crippen LogP contribution is -2.37. The van der Waals surface area contributed by atoms with Gasteiger partial charge >= 0.3 is 0 Å². The van der Waals surface area contributed by atoms with Crippen molar-refractivity contribution in [2.75, 3.05) is 31.2 Å². The van der Waals surface area contributed by atoms with Crippen LogP contribution in [0, 0.1) is 0 Å². The number of aromatic nitrogens is 1. The zero-order valence-corrected chi connectivity index (χ0v) is 11.2. The van der Waals surface area contributed by atoms with Crippen molar-refractivity contribution in [3.05, 3.63) is 36.0 Å². The highest BCUT2D eigenvalue weighted by Crippen LogP contribution is 2.25. The van der Waals surface area contributed by atoms with Gasteiger partial charge in [-0.25, -0.2) is 4.98 Å². The van der Waals surface area contributed by atoms with E-state index in [1.54, 1.807) is 6.08 Å². The third kappa shape index (κ3) is 2.74. The predicted molar refractivity (Wildman–Crippen MR) is 77.5 cm³/mol. The van der Waals surface area contributed by atoms with E-state index in [2.05, 4.69) is 23.0 Å². The van der Waals surface area contributed by atoms with E-state index >= 15 is 0 Å². The Morgan fingerprint density at radius 1 is 1.42 bits per heavy atom. The molecule has 4 heteroatoms. The normalized spacial score (nSPS) is 15.1. The maximum atomic E-state index is 11.3. The predicted octanol–water partition coefficient (Wildman–Crippen LogP) is 2.41. The Hall–Kier alpha value is -1.94. The van der Waals surface area contributed by atoms with E-state index in [0.29, 0.717) is 24.6 Å². The molecule has 1 aromatic heterocycles. The highest BCUT2D eigenvalue weighted by molar-refractivity contribution is 5.86. The average molecular weight is 258 g/mol. The molecular formula is C15H18N2O2. The fraction of sp³-hybridized carbons (Fsp3) is 0.333. The molecule has 19 heavy (non-hydrogen) atoms. The van der Waals surface area contributed by atoms with Crippen LogP contribution in [-0.2, 0) is 4.74 Å². The lowest BCUT2D eigenvalue weighted by atomic mass is 10.1. The first-order valence-electron chi connectivity index (χ1n) is 6.28. The van der Waals surface area contributed by atoms with E-state index in [9.17, 15) is 4.79 Å². The molecule has 1 fully saturated rings. The molecule has 1 saturated heterocycles. The van der Waals surface area contributed by atoms with Crippen LogP contribution in [0.4, 0.5) is 5.82 Å². The maximum absolute atomic E-state index is 11.3. The van der Waals surface area contributed by atoms with Gasteiger partial charge in [-0.2, -0.15) is 0 Å². The van der Waals surface area contributed by atoms with E-state index in [4.69, 9.17) is 4.74 Å². The molecule has 0 bridgehead atoms. The van der Waals surface area contributed by atoms with Crippen molar-refractivity contribution < 1.29 is 9.53 Å². The fourth-order valence-corrected chi connectivity index (χ4v) is 2.15. The number of carbonyl (C=O) groups excluding carboxylic acids is 1. The minimum atomic E-state index is 0.585. The second-order valence-electron chi connectivity index (χ2n) is 4.54. The lowest BCUT2D eigenvalue weighted by molar-refractivity contribution is 0.111. The van der Waals surface area contributed by atoms with Crippen LogP contribution < -0.4 is 4.90 Å². The van der Waals surface area contributed by atoms with Gasteiger partial charge in [-0.15, -0.1) is 0 Å². The molecule has 100 valence electrons. The van der Waals surface area contributed by atoms with Crippen molar-refractivity contribution in [3.8, 4) is 0 Å². The maximum Gasteiger partial charge on any atom is 0.153 e. The Kier molecular flexibility index (Phi) is 4.12. The van der Waals surface area contributed by atoms with Crippen LogP contribution in [0.25, 0.3) is 11.6 Å².